The van der Waals surface area contributed by atoms with E-state index in [1.165, 1.54) is 14.2 Å². The van der Waals surface area contributed by atoms with Gasteiger partial charge >= 0.3 is 5.97 Å². The van der Waals surface area contributed by atoms with Crippen LogP contribution in [0.15, 0.2) is 0 Å². The fourth-order valence-electron chi connectivity index (χ4n) is 1.24. The Hall–Kier alpha value is -1.18. The summed E-state index contributed by atoms with van der Waals surface area (Å²) in [6.45, 7) is 0.676. The van der Waals surface area contributed by atoms with Crippen molar-refractivity contribution in [2.75, 3.05) is 27.4 Å². The fraction of sp³-hybridized carbons (Fsp3) is 0.800. The molecular weight excluding hydrogens is 228 g/mol. The molecule has 1 amide bonds. The number of amides is 1. The highest BCUT2D eigenvalue weighted by Crippen LogP contribution is 1.96. The molecule has 0 saturated heterocycles. The van der Waals surface area contributed by atoms with Gasteiger partial charge in [0.1, 0.15) is 6.04 Å². The molecule has 0 bridgehead atoms. The van der Waals surface area contributed by atoms with Crippen molar-refractivity contribution in [1.29, 1.82) is 0 Å². The Balaban J connectivity index is 3.92. The van der Waals surface area contributed by atoms with Crippen LogP contribution in [-0.4, -0.2) is 56.5 Å². The van der Waals surface area contributed by atoms with Crippen molar-refractivity contribution in [2.45, 2.75) is 24.9 Å². The molecule has 0 unspecified atom stereocenters. The minimum absolute atomic E-state index is 0.0669. The van der Waals surface area contributed by atoms with E-state index in [1.807, 2.05) is 0 Å². The van der Waals surface area contributed by atoms with E-state index in [4.69, 9.17) is 20.3 Å². The van der Waals surface area contributed by atoms with Crippen molar-refractivity contribution in [1.82, 2.24) is 5.32 Å². The molecule has 0 saturated carbocycles. The molecule has 0 rings (SSSR count). The second-order valence-electron chi connectivity index (χ2n) is 3.66. The second-order valence-corrected chi connectivity index (χ2v) is 3.66. The Kier molecular flexibility index (Phi) is 8.29. The smallest absolute Gasteiger partial charge is 0.320 e. The third kappa shape index (κ3) is 7.67. The summed E-state index contributed by atoms with van der Waals surface area (Å²) >= 11 is 0. The Morgan fingerprint density at radius 2 is 1.82 bits per heavy atom. The number of nitrogens with two attached hydrogens (primary N) is 1. The molecule has 7 nitrogen and oxygen atoms in total. The van der Waals surface area contributed by atoms with Crippen molar-refractivity contribution >= 4 is 11.9 Å². The molecule has 0 aliphatic heterocycles. The average Bonchev–Trinajstić information content (AvgIpc) is 2.26. The van der Waals surface area contributed by atoms with Gasteiger partial charge in [0.25, 0.3) is 0 Å². The van der Waals surface area contributed by atoms with Gasteiger partial charge in [0.05, 0.1) is 19.3 Å². The van der Waals surface area contributed by atoms with E-state index in [1.54, 1.807) is 0 Å². The van der Waals surface area contributed by atoms with Gasteiger partial charge in [0.2, 0.25) is 5.91 Å². The molecule has 0 radical (unpaired) electrons. The molecule has 0 aromatic carbocycles. The first-order valence-electron chi connectivity index (χ1n) is 5.26. The minimum Gasteiger partial charge on any atom is -0.480 e. The third-order valence-electron chi connectivity index (χ3n) is 2.10. The van der Waals surface area contributed by atoms with Crippen molar-refractivity contribution in [3.63, 3.8) is 0 Å². The number of carboxylic acids is 1. The average molecular weight is 248 g/mol. The van der Waals surface area contributed by atoms with Crippen LogP contribution in [0.5, 0.6) is 0 Å². The van der Waals surface area contributed by atoms with E-state index < -0.39 is 12.0 Å². The molecule has 0 aliphatic rings. The van der Waals surface area contributed by atoms with Crippen LogP contribution in [0.3, 0.4) is 0 Å². The first-order valence-corrected chi connectivity index (χ1v) is 5.26. The molecule has 17 heavy (non-hydrogen) atoms. The number of carbonyl (C=O) groups excluding carboxylic acids is 1. The highest BCUT2D eigenvalue weighted by molar-refractivity contribution is 5.78. The van der Waals surface area contributed by atoms with E-state index in [9.17, 15) is 9.59 Å². The summed E-state index contributed by atoms with van der Waals surface area (Å²) in [6, 6.07) is -1.25. The van der Waals surface area contributed by atoms with Crippen molar-refractivity contribution in [3.05, 3.63) is 0 Å². The van der Waals surface area contributed by atoms with Crippen molar-refractivity contribution in [3.8, 4) is 0 Å². The SMILES string of the molecule is COCC(COC)NC(=O)CC[C@H](N)C(=O)O. The van der Waals surface area contributed by atoms with Gasteiger partial charge in [-0.15, -0.1) is 0 Å². The summed E-state index contributed by atoms with van der Waals surface area (Å²) < 4.78 is 9.82. The molecule has 0 spiro atoms. The topological polar surface area (TPSA) is 111 Å². The number of rotatable bonds is 9. The summed E-state index contributed by atoms with van der Waals surface area (Å²) in [4.78, 5) is 21.9. The molecule has 7 heteroatoms. The van der Waals surface area contributed by atoms with Crippen LogP contribution in [0.2, 0.25) is 0 Å². The summed E-state index contributed by atoms with van der Waals surface area (Å²) in [6.07, 6.45) is 0.172. The lowest BCUT2D eigenvalue weighted by molar-refractivity contribution is -0.138. The van der Waals surface area contributed by atoms with Crippen LogP contribution in [0.25, 0.3) is 0 Å². The summed E-state index contributed by atoms with van der Waals surface area (Å²) in [5, 5.41) is 11.2. The lowest BCUT2D eigenvalue weighted by Crippen LogP contribution is -2.42. The Morgan fingerprint density at radius 3 is 2.24 bits per heavy atom. The monoisotopic (exact) mass is 248 g/mol. The Labute approximate surface area is 100 Å². The maximum absolute atomic E-state index is 11.5. The largest absolute Gasteiger partial charge is 0.480 e. The van der Waals surface area contributed by atoms with Gasteiger partial charge in [-0.3, -0.25) is 9.59 Å². The first kappa shape index (κ1) is 15.8. The normalized spacial score (nSPS) is 12.5. The van der Waals surface area contributed by atoms with E-state index in [0.717, 1.165) is 0 Å². The number of hydrogen-bond donors (Lipinski definition) is 3. The molecule has 100 valence electrons. The van der Waals surface area contributed by atoms with E-state index in [0.29, 0.717) is 13.2 Å². The van der Waals surface area contributed by atoms with Gasteiger partial charge < -0.3 is 25.6 Å². The zero-order valence-corrected chi connectivity index (χ0v) is 10.1. The van der Waals surface area contributed by atoms with Crippen LogP contribution in [0, 0.1) is 0 Å². The molecule has 1 atom stereocenters. The highest BCUT2D eigenvalue weighted by Gasteiger charge is 2.16. The minimum atomic E-state index is -1.11. The Bertz CT molecular complexity index is 241. The quantitative estimate of drug-likeness (QED) is 0.480. The Morgan fingerprint density at radius 1 is 1.29 bits per heavy atom. The number of aliphatic carboxylic acids is 1. The van der Waals surface area contributed by atoms with Gasteiger partial charge in [-0.2, -0.15) is 0 Å². The lowest BCUT2D eigenvalue weighted by Gasteiger charge is -2.17. The van der Waals surface area contributed by atoms with E-state index in [-0.39, 0.29) is 24.8 Å². The lowest BCUT2D eigenvalue weighted by atomic mass is 10.1. The molecule has 0 aromatic rings. The summed E-state index contributed by atoms with van der Waals surface area (Å²) in [5.74, 6) is -1.37. The standard InChI is InChI=1S/C10H20N2O5/c1-16-5-7(6-17-2)12-9(13)4-3-8(11)10(14)15/h7-8H,3-6,11H2,1-2H3,(H,12,13)(H,14,15)/t8-/m0/s1. The van der Waals surface area contributed by atoms with Crippen LogP contribution >= 0.6 is 0 Å². The highest BCUT2D eigenvalue weighted by atomic mass is 16.5. The van der Waals surface area contributed by atoms with Crippen LogP contribution in [0.4, 0.5) is 0 Å². The molecule has 4 N–H and O–H groups in total. The fourth-order valence-corrected chi connectivity index (χ4v) is 1.24. The molecule has 0 aromatic heterocycles. The van der Waals surface area contributed by atoms with Gasteiger partial charge in [-0.25, -0.2) is 0 Å². The summed E-state index contributed by atoms with van der Waals surface area (Å²) in [5.41, 5.74) is 5.28. The third-order valence-corrected chi connectivity index (χ3v) is 2.10. The van der Waals surface area contributed by atoms with Crippen LogP contribution in [0.1, 0.15) is 12.8 Å². The number of hydrogen-bond acceptors (Lipinski definition) is 5. The molecular formula is C10H20N2O5. The van der Waals surface area contributed by atoms with E-state index in [2.05, 4.69) is 5.32 Å². The van der Waals surface area contributed by atoms with Crippen molar-refractivity contribution in [2.24, 2.45) is 5.73 Å². The van der Waals surface area contributed by atoms with Crippen LogP contribution in [-0.2, 0) is 19.1 Å². The molecule has 0 heterocycles. The van der Waals surface area contributed by atoms with Gasteiger partial charge in [-0.1, -0.05) is 0 Å². The maximum Gasteiger partial charge on any atom is 0.320 e. The zero-order valence-electron chi connectivity index (χ0n) is 10.1. The predicted octanol–water partition coefficient (Wildman–Crippen LogP) is -1.04. The first-order chi connectivity index (χ1) is 8.01. The van der Waals surface area contributed by atoms with Crippen molar-refractivity contribution < 1.29 is 24.2 Å². The number of carboxylic acid groups (broad SMARTS) is 1. The molecule has 0 fully saturated rings. The van der Waals surface area contributed by atoms with Crippen LogP contribution < -0.4 is 11.1 Å². The predicted molar refractivity (Wildman–Crippen MR) is 60.5 cm³/mol. The number of methoxy groups -OCH3 is 2. The number of nitrogens with one attached hydrogen (secondary N) is 1. The number of ether oxygens (including phenoxy) is 2. The molecule has 0 aliphatic carbocycles. The second kappa shape index (κ2) is 8.91. The summed E-state index contributed by atoms with van der Waals surface area (Å²) in [7, 11) is 3.05. The number of carbonyl (C=O) groups is 2. The zero-order chi connectivity index (χ0) is 13.3. The maximum atomic E-state index is 11.5. The van der Waals surface area contributed by atoms with Gasteiger partial charge in [0.15, 0.2) is 0 Å². The van der Waals surface area contributed by atoms with Gasteiger partial charge in [-0.05, 0) is 6.42 Å². The van der Waals surface area contributed by atoms with E-state index >= 15 is 0 Å². The van der Waals surface area contributed by atoms with Gasteiger partial charge in [0, 0.05) is 20.6 Å².